The van der Waals surface area contributed by atoms with Gasteiger partial charge in [0.25, 0.3) is 0 Å². The van der Waals surface area contributed by atoms with Crippen molar-refractivity contribution in [2.24, 2.45) is 11.7 Å². The number of methoxy groups -OCH3 is 1. The molecule has 1 unspecified atom stereocenters. The Morgan fingerprint density at radius 2 is 2.27 bits per heavy atom. The minimum Gasteiger partial charge on any atom is -0.381 e. The fraction of sp³-hybridized carbons (Fsp3) is 0.909. The Labute approximate surface area is 91.5 Å². The van der Waals surface area contributed by atoms with Crippen LogP contribution in [0.4, 0.5) is 0 Å². The maximum absolute atomic E-state index is 11.5. The maximum Gasteiger partial charge on any atom is 0.220 e. The number of carbonyl (C=O) groups excluding carboxylic acids is 1. The van der Waals surface area contributed by atoms with Crippen molar-refractivity contribution >= 4 is 5.91 Å². The van der Waals surface area contributed by atoms with Crippen molar-refractivity contribution in [2.75, 3.05) is 13.7 Å². The van der Waals surface area contributed by atoms with Gasteiger partial charge in [0.1, 0.15) is 0 Å². The summed E-state index contributed by atoms with van der Waals surface area (Å²) in [5.41, 5.74) is 5.48. The average molecular weight is 214 g/mol. The van der Waals surface area contributed by atoms with Crippen LogP contribution in [0.3, 0.4) is 0 Å². The van der Waals surface area contributed by atoms with Gasteiger partial charge in [0.2, 0.25) is 5.91 Å². The molecule has 0 heterocycles. The van der Waals surface area contributed by atoms with Crippen LogP contribution < -0.4 is 11.1 Å². The van der Waals surface area contributed by atoms with E-state index in [9.17, 15) is 4.79 Å². The van der Waals surface area contributed by atoms with Crippen molar-refractivity contribution in [1.29, 1.82) is 0 Å². The standard InChI is InChI=1S/C11H22N2O2/c1-8(7-12)3-4-11(14)13-9-5-10(6-9)15-2/h8-10H,3-7,12H2,1-2H3,(H,13,14). The molecule has 0 radical (unpaired) electrons. The molecule has 0 aliphatic heterocycles. The lowest BCUT2D eigenvalue weighted by molar-refractivity contribution is -0.123. The molecule has 1 amide bonds. The first-order valence-corrected chi connectivity index (χ1v) is 5.68. The summed E-state index contributed by atoms with van der Waals surface area (Å²) >= 11 is 0. The molecule has 1 saturated carbocycles. The summed E-state index contributed by atoms with van der Waals surface area (Å²) in [6.07, 6.45) is 3.72. The van der Waals surface area contributed by atoms with E-state index in [4.69, 9.17) is 10.5 Å². The van der Waals surface area contributed by atoms with Gasteiger partial charge < -0.3 is 15.8 Å². The molecule has 1 atom stereocenters. The van der Waals surface area contributed by atoms with Crippen molar-refractivity contribution in [3.05, 3.63) is 0 Å². The lowest BCUT2D eigenvalue weighted by atomic mass is 9.89. The summed E-state index contributed by atoms with van der Waals surface area (Å²) in [4.78, 5) is 11.5. The van der Waals surface area contributed by atoms with Gasteiger partial charge in [-0.2, -0.15) is 0 Å². The van der Waals surface area contributed by atoms with Crippen LogP contribution in [0.1, 0.15) is 32.6 Å². The highest BCUT2D eigenvalue weighted by molar-refractivity contribution is 5.76. The molecule has 0 aromatic rings. The smallest absolute Gasteiger partial charge is 0.220 e. The van der Waals surface area contributed by atoms with E-state index < -0.39 is 0 Å². The molecule has 1 aliphatic carbocycles. The van der Waals surface area contributed by atoms with Crippen LogP contribution in [0.2, 0.25) is 0 Å². The van der Waals surface area contributed by atoms with Gasteiger partial charge in [0.05, 0.1) is 6.10 Å². The number of rotatable bonds is 6. The monoisotopic (exact) mass is 214 g/mol. The molecule has 0 aromatic carbocycles. The fourth-order valence-electron chi connectivity index (χ4n) is 1.67. The Morgan fingerprint density at radius 3 is 2.80 bits per heavy atom. The largest absolute Gasteiger partial charge is 0.381 e. The van der Waals surface area contributed by atoms with Gasteiger partial charge in [-0.1, -0.05) is 6.92 Å². The van der Waals surface area contributed by atoms with E-state index in [1.807, 2.05) is 0 Å². The number of hydrogen-bond donors (Lipinski definition) is 2. The zero-order chi connectivity index (χ0) is 11.3. The third kappa shape index (κ3) is 4.18. The highest BCUT2D eigenvalue weighted by Crippen LogP contribution is 2.22. The molecule has 1 rings (SSSR count). The minimum absolute atomic E-state index is 0.148. The van der Waals surface area contributed by atoms with Crippen LogP contribution in [0.5, 0.6) is 0 Å². The summed E-state index contributed by atoms with van der Waals surface area (Å²) < 4.78 is 5.15. The predicted octanol–water partition coefficient (Wildman–Crippen LogP) is 0.655. The van der Waals surface area contributed by atoms with Gasteiger partial charge >= 0.3 is 0 Å². The number of amides is 1. The van der Waals surface area contributed by atoms with E-state index in [1.165, 1.54) is 0 Å². The van der Waals surface area contributed by atoms with Crippen LogP contribution >= 0.6 is 0 Å². The van der Waals surface area contributed by atoms with Crippen LogP contribution in [0.25, 0.3) is 0 Å². The number of hydrogen-bond acceptors (Lipinski definition) is 3. The summed E-state index contributed by atoms with van der Waals surface area (Å²) in [6, 6.07) is 0.329. The molecule has 1 fully saturated rings. The van der Waals surface area contributed by atoms with Crippen LogP contribution in [0.15, 0.2) is 0 Å². The van der Waals surface area contributed by atoms with Crippen molar-refractivity contribution in [2.45, 2.75) is 44.8 Å². The van der Waals surface area contributed by atoms with Gasteiger partial charge in [-0.05, 0) is 31.7 Å². The molecule has 0 aromatic heterocycles. The third-order valence-corrected chi connectivity index (χ3v) is 3.06. The Morgan fingerprint density at radius 1 is 1.60 bits per heavy atom. The Kier molecular flexibility index (Phi) is 5.05. The zero-order valence-electron chi connectivity index (χ0n) is 9.66. The molecule has 4 heteroatoms. The molecule has 1 aliphatic rings. The van der Waals surface area contributed by atoms with Gasteiger partial charge in [-0.25, -0.2) is 0 Å². The van der Waals surface area contributed by atoms with E-state index in [-0.39, 0.29) is 5.91 Å². The first kappa shape index (κ1) is 12.5. The molecule has 0 spiro atoms. The number of nitrogens with one attached hydrogen (secondary N) is 1. The van der Waals surface area contributed by atoms with Gasteiger partial charge in [-0.15, -0.1) is 0 Å². The van der Waals surface area contributed by atoms with E-state index in [1.54, 1.807) is 7.11 Å². The van der Waals surface area contributed by atoms with Gasteiger partial charge in [0, 0.05) is 19.6 Å². The lowest BCUT2D eigenvalue weighted by Gasteiger charge is -2.34. The fourth-order valence-corrected chi connectivity index (χ4v) is 1.67. The number of ether oxygens (including phenoxy) is 1. The van der Waals surface area contributed by atoms with E-state index in [2.05, 4.69) is 12.2 Å². The number of nitrogens with two attached hydrogens (primary N) is 1. The summed E-state index contributed by atoms with van der Waals surface area (Å²) in [5, 5.41) is 3.00. The zero-order valence-corrected chi connectivity index (χ0v) is 9.66. The third-order valence-electron chi connectivity index (χ3n) is 3.06. The van der Waals surface area contributed by atoms with E-state index in [0.29, 0.717) is 31.0 Å². The Bertz CT molecular complexity index is 203. The predicted molar refractivity (Wildman–Crippen MR) is 59.4 cm³/mol. The van der Waals surface area contributed by atoms with Crippen LogP contribution in [-0.2, 0) is 9.53 Å². The lowest BCUT2D eigenvalue weighted by Crippen LogP contribution is -2.47. The van der Waals surface area contributed by atoms with Crippen LogP contribution in [0, 0.1) is 5.92 Å². The van der Waals surface area contributed by atoms with Gasteiger partial charge in [0.15, 0.2) is 0 Å². The molecule has 88 valence electrons. The summed E-state index contributed by atoms with van der Waals surface area (Å²) in [5.74, 6) is 0.582. The molecule has 3 N–H and O–H groups in total. The average Bonchev–Trinajstić information content (AvgIpc) is 2.19. The minimum atomic E-state index is 0.148. The second kappa shape index (κ2) is 6.08. The second-order valence-corrected chi connectivity index (χ2v) is 4.47. The van der Waals surface area contributed by atoms with Crippen molar-refractivity contribution < 1.29 is 9.53 Å². The summed E-state index contributed by atoms with van der Waals surface area (Å²) in [6.45, 7) is 2.72. The molecular weight excluding hydrogens is 192 g/mol. The van der Waals surface area contributed by atoms with E-state index >= 15 is 0 Å². The first-order valence-electron chi connectivity index (χ1n) is 5.68. The number of carbonyl (C=O) groups is 1. The van der Waals surface area contributed by atoms with Crippen LogP contribution in [-0.4, -0.2) is 31.7 Å². The normalized spacial score (nSPS) is 26.9. The maximum atomic E-state index is 11.5. The SMILES string of the molecule is COC1CC(NC(=O)CCC(C)CN)C1. The van der Waals surface area contributed by atoms with Crippen molar-refractivity contribution in [3.63, 3.8) is 0 Å². The molecule has 4 nitrogen and oxygen atoms in total. The van der Waals surface area contributed by atoms with Gasteiger partial charge in [-0.3, -0.25) is 4.79 Å². The Balaban J connectivity index is 2.05. The highest BCUT2D eigenvalue weighted by atomic mass is 16.5. The topological polar surface area (TPSA) is 64.3 Å². The first-order chi connectivity index (χ1) is 7.15. The second-order valence-electron chi connectivity index (χ2n) is 4.47. The van der Waals surface area contributed by atoms with Crippen molar-refractivity contribution in [1.82, 2.24) is 5.32 Å². The van der Waals surface area contributed by atoms with Crippen molar-refractivity contribution in [3.8, 4) is 0 Å². The molecule has 0 saturated heterocycles. The highest BCUT2D eigenvalue weighted by Gasteiger charge is 2.29. The summed E-state index contributed by atoms with van der Waals surface area (Å²) in [7, 11) is 1.71. The molecular formula is C11H22N2O2. The molecule has 15 heavy (non-hydrogen) atoms. The Hall–Kier alpha value is -0.610. The quantitative estimate of drug-likeness (QED) is 0.682. The van der Waals surface area contributed by atoms with E-state index in [0.717, 1.165) is 19.3 Å². The molecule has 0 bridgehead atoms.